The fourth-order valence-corrected chi connectivity index (χ4v) is 2.66. The van der Waals surface area contributed by atoms with Crippen LogP contribution in [-0.2, 0) is 12.8 Å². The molecule has 0 spiro atoms. The van der Waals surface area contributed by atoms with Crippen molar-refractivity contribution in [3.8, 4) is 11.4 Å². The minimum Gasteiger partial charge on any atom is -0.370 e. The van der Waals surface area contributed by atoms with Crippen LogP contribution in [0.5, 0.6) is 0 Å². The molecule has 1 aromatic carbocycles. The summed E-state index contributed by atoms with van der Waals surface area (Å²) in [5, 5.41) is 3.32. The normalized spacial score (nSPS) is 13.3. The Morgan fingerprint density at radius 3 is 2.85 bits per heavy atom. The molecule has 3 nitrogen and oxygen atoms in total. The Hall–Kier alpha value is -1.97. The van der Waals surface area contributed by atoms with Gasteiger partial charge in [0.2, 0.25) is 0 Å². The van der Waals surface area contributed by atoms with Gasteiger partial charge in [0.1, 0.15) is 11.6 Å². The maximum absolute atomic E-state index is 13.4. The fourth-order valence-electron chi connectivity index (χ4n) is 2.66. The monoisotopic (exact) mass is 271 g/mol. The van der Waals surface area contributed by atoms with Gasteiger partial charge in [0, 0.05) is 23.4 Å². The summed E-state index contributed by atoms with van der Waals surface area (Å²) in [6.45, 7) is 4.66. The van der Waals surface area contributed by atoms with E-state index in [2.05, 4.69) is 22.2 Å². The van der Waals surface area contributed by atoms with Gasteiger partial charge in [-0.1, -0.05) is 0 Å². The summed E-state index contributed by atoms with van der Waals surface area (Å²) in [6, 6.07) is 5.03. The summed E-state index contributed by atoms with van der Waals surface area (Å²) >= 11 is 0. The Bertz CT molecular complexity index is 652. The van der Waals surface area contributed by atoms with Crippen molar-refractivity contribution in [2.24, 2.45) is 0 Å². The first kappa shape index (κ1) is 13.0. The molecule has 1 N–H and O–H groups in total. The average Bonchev–Trinajstić information content (AvgIpc) is 2.90. The van der Waals surface area contributed by atoms with Crippen LogP contribution in [0.4, 0.5) is 10.2 Å². The standard InChI is InChI=1S/C16H18FN3/c1-3-18-16-12-5-4-6-14(12)19-15(20-16)11-7-8-13(17)10(2)9-11/h7-9H,3-6H2,1-2H3,(H,18,19,20). The van der Waals surface area contributed by atoms with Crippen LogP contribution in [0.1, 0.15) is 30.2 Å². The number of aromatic nitrogens is 2. The van der Waals surface area contributed by atoms with Crippen LogP contribution in [0.2, 0.25) is 0 Å². The minimum absolute atomic E-state index is 0.193. The molecule has 0 unspecified atom stereocenters. The molecule has 20 heavy (non-hydrogen) atoms. The summed E-state index contributed by atoms with van der Waals surface area (Å²) in [5.74, 6) is 1.43. The van der Waals surface area contributed by atoms with Crippen molar-refractivity contribution < 1.29 is 4.39 Å². The Balaban J connectivity index is 2.09. The second-order valence-electron chi connectivity index (χ2n) is 5.17. The number of fused-ring (bicyclic) bond motifs is 1. The Kier molecular flexibility index (Phi) is 3.38. The first-order chi connectivity index (χ1) is 9.69. The highest BCUT2D eigenvalue weighted by molar-refractivity contribution is 5.61. The van der Waals surface area contributed by atoms with Gasteiger partial charge in [0.25, 0.3) is 0 Å². The second-order valence-corrected chi connectivity index (χ2v) is 5.17. The second kappa shape index (κ2) is 5.19. The van der Waals surface area contributed by atoms with Gasteiger partial charge in [-0.2, -0.15) is 0 Å². The number of halogens is 1. The zero-order valence-electron chi connectivity index (χ0n) is 11.8. The number of nitrogens with one attached hydrogen (secondary N) is 1. The molecular formula is C16H18FN3. The summed E-state index contributed by atoms with van der Waals surface area (Å²) in [6.07, 6.45) is 3.18. The van der Waals surface area contributed by atoms with Crippen molar-refractivity contribution in [3.63, 3.8) is 0 Å². The quantitative estimate of drug-likeness (QED) is 0.928. The van der Waals surface area contributed by atoms with Gasteiger partial charge in [0.15, 0.2) is 5.82 Å². The van der Waals surface area contributed by atoms with E-state index < -0.39 is 0 Å². The smallest absolute Gasteiger partial charge is 0.161 e. The third-order valence-electron chi connectivity index (χ3n) is 3.69. The van der Waals surface area contributed by atoms with E-state index in [1.165, 1.54) is 11.6 Å². The van der Waals surface area contributed by atoms with E-state index in [1.54, 1.807) is 13.0 Å². The van der Waals surface area contributed by atoms with Gasteiger partial charge in [0.05, 0.1) is 0 Å². The molecule has 1 heterocycles. The molecule has 1 aliphatic rings. The van der Waals surface area contributed by atoms with Gasteiger partial charge in [-0.25, -0.2) is 14.4 Å². The number of nitrogens with zero attached hydrogens (tertiary/aromatic N) is 2. The highest BCUT2D eigenvalue weighted by atomic mass is 19.1. The predicted octanol–water partition coefficient (Wildman–Crippen LogP) is 3.51. The van der Waals surface area contributed by atoms with Crippen LogP contribution in [-0.4, -0.2) is 16.5 Å². The van der Waals surface area contributed by atoms with Gasteiger partial charge in [-0.3, -0.25) is 0 Å². The molecule has 2 aromatic rings. The lowest BCUT2D eigenvalue weighted by molar-refractivity contribution is 0.618. The molecule has 0 saturated heterocycles. The minimum atomic E-state index is -0.193. The van der Waals surface area contributed by atoms with E-state index in [0.717, 1.165) is 42.9 Å². The SMILES string of the molecule is CCNc1nc(-c2ccc(F)c(C)c2)nc2c1CCC2. The average molecular weight is 271 g/mol. The van der Waals surface area contributed by atoms with Crippen molar-refractivity contribution in [1.29, 1.82) is 0 Å². The number of hydrogen-bond acceptors (Lipinski definition) is 3. The lowest BCUT2D eigenvalue weighted by Gasteiger charge is -2.11. The van der Waals surface area contributed by atoms with Crippen molar-refractivity contribution in [1.82, 2.24) is 9.97 Å². The van der Waals surface area contributed by atoms with Crippen molar-refractivity contribution >= 4 is 5.82 Å². The van der Waals surface area contributed by atoms with E-state index in [1.807, 2.05) is 6.07 Å². The van der Waals surface area contributed by atoms with E-state index >= 15 is 0 Å². The Morgan fingerprint density at radius 1 is 1.25 bits per heavy atom. The number of rotatable bonds is 3. The van der Waals surface area contributed by atoms with E-state index in [0.29, 0.717) is 11.4 Å². The summed E-state index contributed by atoms with van der Waals surface area (Å²) in [5.41, 5.74) is 3.87. The number of anilines is 1. The molecule has 4 heteroatoms. The van der Waals surface area contributed by atoms with Gasteiger partial charge in [-0.15, -0.1) is 0 Å². The zero-order chi connectivity index (χ0) is 14.1. The van der Waals surface area contributed by atoms with E-state index in [-0.39, 0.29) is 5.82 Å². The van der Waals surface area contributed by atoms with E-state index in [9.17, 15) is 4.39 Å². The first-order valence-electron chi connectivity index (χ1n) is 7.09. The molecule has 0 fully saturated rings. The molecular weight excluding hydrogens is 253 g/mol. The highest BCUT2D eigenvalue weighted by Crippen LogP contribution is 2.29. The summed E-state index contributed by atoms with van der Waals surface area (Å²) < 4.78 is 13.4. The van der Waals surface area contributed by atoms with Crippen molar-refractivity contribution in [3.05, 3.63) is 40.8 Å². The van der Waals surface area contributed by atoms with Gasteiger partial charge >= 0.3 is 0 Å². The van der Waals surface area contributed by atoms with Gasteiger partial charge < -0.3 is 5.32 Å². The molecule has 0 saturated carbocycles. The fraction of sp³-hybridized carbons (Fsp3) is 0.375. The molecule has 0 aliphatic heterocycles. The van der Waals surface area contributed by atoms with Crippen molar-refractivity contribution in [2.75, 3.05) is 11.9 Å². The predicted molar refractivity (Wildman–Crippen MR) is 78.4 cm³/mol. The molecule has 0 bridgehead atoms. The number of aryl methyl sites for hydroxylation is 2. The Labute approximate surface area is 118 Å². The largest absolute Gasteiger partial charge is 0.370 e. The summed E-state index contributed by atoms with van der Waals surface area (Å²) in [4.78, 5) is 9.29. The zero-order valence-corrected chi connectivity index (χ0v) is 11.8. The number of benzene rings is 1. The van der Waals surface area contributed by atoms with Crippen LogP contribution in [0.25, 0.3) is 11.4 Å². The summed E-state index contributed by atoms with van der Waals surface area (Å²) in [7, 11) is 0. The van der Waals surface area contributed by atoms with Crippen LogP contribution in [0.3, 0.4) is 0 Å². The van der Waals surface area contributed by atoms with Crippen LogP contribution < -0.4 is 5.32 Å². The van der Waals surface area contributed by atoms with E-state index in [4.69, 9.17) is 0 Å². The molecule has 3 rings (SSSR count). The molecule has 0 amide bonds. The molecule has 0 radical (unpaired) electrons. The third-order valence-corrected chi connectivity index (χ3v) is 3.69. The maximum Gasteiger partial charge on any atom is 0.161 e. The third kappa shape index (κ3) is 2.26. The van der Waals surface area contributed by atoms with Crippen molar-refractivity contribution in [2.45, 2.75) is 33.1 Å². The lowest BCUT2D eigenvalue weighted by Crippen LogP contribution is -2.06. The molecule has 104 valence electrons. The molecule has 1 aliphatic carbocycles. The van der Waals surface area contributed by atoms with Crippen LogP contribution >= 0.6 is 0 Å². The Morgan fingerprint density at radius 2 is 2.10 bits per heavy atom. The number of hydrogen-bond donors (Lipinski definition) is 1. The highest BCUT2D eigenvalue weighted by Gasteiger charge is 2.19. The first-order valence-corrected chi connectivity index (χ1v) is 7.09. The van der Waals surface area contributed by atoms with Crippen LogP contribution in [0.15, 0.2) is 18.2 Å². The lowest BCUT2D eigenvalue weighted by atomic mass is 10.1. The van der Waals surface area contributed by atoms with Gasteiger partial charge in [-0.05, 0) is 56.9 Å². The maximum atomic E-state index is 13.4. The molecule has 1 aromatic heterocycles. The topological polar surface area (TPSA) is 37.8 Å². The van der Waals surface area contributed by atoms with Crippen LogP contribution in [0, 0.1) is 12.7 Å². The molecule has 0 atom stereocenters.